The van der Waals surface area contributed by atoms with Crippen molar-refractivity contribution in [3.63, 3.8) is 0 Å². The van der Waals surface area contributed by atoms with Gasteiger partial charge >= 0.3 is 0 Å². The summed E-state index contributed by atoms with van der Waals surface area (Å²) in [7, 11) is 0. The monoisotopic (exact) mass is 342 g/mol. The number of nitro benzene ring substituents is 1. The van der Waals surface area contributed by atoms with Crippen LogP contribution in [0.5, 0.6) is 0 Å². The smallest absolute Gasteiger partial charge is 0.270 e. The molecule has 0 saturated carbocycles. The number of likely N-dealkylation sites (tertiary alicyclic amines) is 1. The topological polar surface area (TPSA) is 90.5 Å². The Balaban J connectivity index is 1.65. The Morgan fingerprint density at radius 2 is 1.84 bits per heavy atom. The van der Waals surface area contributed by atoms with Gasteiger partial charge in [0.05, 0.1) is 16.2 Å². The molecule has 0 aromatic heterocycles. The SMILES string of the molecule is N#Cc1cc([N+](=O)[O-])ccc1N1CCC(C(=O)N2CCCCC2)CC1. The predicted octanol–water partition coefficient (Wildman–Crippen LogP) is 2.70. The molecule has 2 heterocycles. The number of amides is 1. The Morgan fingerprint density at radius 1 is 1.16 bits per heavy atom. The van der Waals surface area contributed by atoms with Crippen LogP contribution in [-0.2, 0) is 4.79 Å². The van der Waals surface area contributed by atoms with Crippen LogP contribution < -0.4 is 4.90 Å². The number of nitro groups is 1. The molecule has 0 N–H and O–H groups in total. The molecule has 2 saturated heterocycles. The lowest BCUT2D eigenvalue weighted by molar-refractivity contribution is -0.384. The van der Waals surface area contributed by atoms with E-state index in [2.05, 4.69) is 11.0 Å². The average molecular weight is 342 g/mol. The Hall–Kier alpha value is -2.62. The molecule has 25 heavy (non-hydrogen) atoms. The van der Waals surface area contributed by atoms with Gasteiger partial charge in [0, 0.05) is 44.2 Å². The van der Waals surface area contributed by atoms with Gasteiger partial charge in [0.1, 0.15) is 6.07 Å². The maximum absolute atomic E-state index is 12.6. The fourth-order valence-corrected chi connectivity index (χ4v) is 3.74. The molecule has 0 atom stereocenters. The van der Waals surface area contributed by atoms with Gasteiger partial charge in [-0.2, -0.15) is 5.26 Å². The van der Waals surface area contributed by atoms with Crippen LogP contribution in [0.15, 0.2) is 18.2 Å². The fraction of sp³-hybridized carbons (Fsp3) is 0.556. The minimum Gasteiger partial charge on any atom is -0.370 e. The van der Waals surface area contributed by atoms with E-state index in [4.69, 9.17) is 0 Å². The van der Waals surface area contributed by atoms with E-state index in [1.807, 2.05) is 4.90 Å². The first-order chi connectivity index (χ1) is 12.1. The van der Waals surface area contributed by atoms with Crippen LogP contribution in [-0.4, -0.2) is 41.9 Å². The summed E-state index contributed by atoms with van der Waals surface area (Å²) < 4.78 is 0. The second-order valence-electron chi connectivity index (χ2n) is 6.72. The number of benzene rings is 1. The van der Waals surface area contributed by atoms with Gasteiger partial charge in [-0.15, -0.1) is 0 Å². The maximum atomic E-state index is 12.6. The lowest BCUT2D eigenvalue weighted by Crippen LogP contribution is -2.44. The number of nitriles is 1. The molecule has 1 amide bonds. The van der Waals surface area contributed by atoms with E-state index in [1.54, 1.807) is 6.07 Å². The number of piperidine rings is 2. The van der Waals surface area contributed by atoms with Gasteiger partial charge in [-0.05, 0) is 38.2 Å². The number of carbonyl (C=O) groups excluding carboxylic acids is 1. The van der Waals surface area contributed by atoms with Gasteiger partial charge in [0.2, 0.25) is 5.91 Å². The lowest BCUT2D eigenvalue weighted by atomic mass is 9.93. The summed E-state index contributed by atoms with van der Waals surface area (Å²) in [6, 6.07) is 6.45. The first-order valence-electron chi connectivity index (χ1n) is 8.82. The van der Waals surface area contributed by atoms with Crippen molar-refractivity contribution in [3.8, 4) is 6.07 Å². The molecule has 1 aromatic carbocycles. The Labute approximate surface area is 147 Å². The molecular weight excluding hydrogens is 320 g/mol. The minimum atomic E-state index is -0.492. The van der Waals surface area contributed by atoms with E-state index in [0.29, 0.717) is 18.7 Å². The number of anilines is 1. The number of non-ortho nitro benzene ring substituents is 1. The summed E-state index contributed by atoms with van der Waals surface area (Å²) in [4.78, 5) is 27.0. The van der Waals surface area contributed by atoms with Crippen molar-refractivity contribution in [1.82, 2.24) is 4.90 Å². The fourth-order valence-electron chi connectivity index (χ4n) is 3.74. The number of hydrogen-bond acceptors (Lipinski definition) is 5. The van der Waals surface area contributed by atoms with E-state index in [0.717, 1.165) is 44.5 Å². The molecule has 7 nitrogen and oxygen atoms in total. The minimum absolute atomic E-state index is 0.0536. The second-order valence-corrected chi connectivity index (χ2v) is 6.72. The number of nitrogens with zero attached hydrogens (tertiary/aromatic N) is 4. The summed E-state index contributed by atoms with van der Waals surface area (Å²) in [5.74, 6) is 0.321. The van der Waals surface area contributed by atoms with Crippen molar-refractivity contribution >= 4 is 17.3 Å². The van der Waals surface area contributed by atoms with Crippen molar-refractivity contribution in [3.05, 3.63) is 33.9 Å². The Morgan fingerprint density at radius 3 is 2.44 bits per heavy atom. The predicted molar refractivity (Wildman–Crippen MR) is 93.2 cm³/mol. The largest absolute Gasteiger partial charge is 0.370 e. The van der Waals surface area contributed by atoms with Crippen molar-refractivity contribution in [2.75, 3.05) is 31.1 Å². The molecule has 0 spiro atoms. The van der Waals surface area contributed by atoms with Crippen LogP contribution in [0.4, 0.5) is 11.4 Å². The summed E-state index contributed by atoms with van der Waals surface area (Å²) in [6.07, 6.45) is 4.92. The molecule has 0 aliphatic carbocycles. The van der Waals surface area contributed by atoms with Crippen LogP contribution in [0.25, 0.3) is 0 Å². The Kier molecular flexibility index (Phi) is 5.17. The van der Waals surface area contributed by atoms with Crippen molar-refractivity contribution < 1.29 is 9.72 Å². The van der Waals surface area contributed by atoms with Crippen LogP contribution in [0.2, 0.25) is 0 Å². The number of carbonyl (C=O) groups is 1. The van der Waals surface area contributed by atoms with E-state index >= 15 is 0 Å². The maximum Gasteiger partial charge on any atom is 0.270 e. The van der Waals surface area contributed by atoms with Gasteiger partial charge in [-0.1, -0.05) is 0 Å². The van der Waals surface area contributed by atoms with Gasteiger partial charge < -0.3 is 9.80 Å². The third-order valence-corrected chi connectivity index (χ3v) is 5.16. The van der Waals surface area contributed by atoms with E-state index in [9.17, 15) is 20.2 Å². The van der Waals surface area contributed by atoms with Gasteiger partial charge in [-0.3, -0.25) is 14.9 Å². The molecule has 2 aliphatic heterocycles. The van der Waals surface area contributed by atoms with Crippen LogP contribution in [0.1, 0.15) is 37.7 Å². The molecular formula is C18H22N4O3. The van der Waals surface area contributed by atoms with Gasteiger partial charge in [-0.25, -0.2) is 0 Å². The molecule has 132 valence electrons. The number of hydrogen-bond donors (Lipinski definition) is 0. The number of rotatable bonds is 3. The van der Waals surface area contributed by atoms with Crippen LogP contribution >= 0.6 is 0 Å². The normalized spacial score (nSPS) is 18.7. The summed E-state index contributed by atoms with van der Waals surface area (Å²) in [5, 5.41) is 20.2. The molecule has 2 aliphatic rings. The van der Waals surface area contributed by atoms with E-state index < -0.39 is 4.92 Å². The summed E-state index contributed by atoms with van der Waals surface area (Å²) >= 11 is 0. The molecule has 0 bridgehead atoms. The van der Waals surface area contributed by atoms with Gasteiger partial charge in [0.25, 0.3) is 5.69 Å². The second kappa shape index (κ2) is 7.51. The lowest BCUT2D eigenvalue weighted by Gasteiger charge is -2.36. The third kappa shape index (κ3) is 3.73. The van der Waals surface area contributed by atoms with Crippen molar-refractivity contribution in [2.45, 2.75) is 32.1 Å². The zero-order chi connectivity index (χ0) is 17.8. The Bertz CT molecular complexity index is 699. The zero-order valence-electron chi connectivity index (χ0n) is 14.2. The molecule has 1 aromatic rings. The van der Waals surface area contributed by atoms with Crippen molar-refractivity contribution in [2.24, 2.45) is 5.92 Å². The quantitative estimate of drug-likeness (QED) is 0.622. The van der Waals surface area contributed by atoms with E-state index in [1.165, 1.54) is 18.6 Å². The third-order valence-electron chi connectivity index (χ3n) is 5.16. The molecule has 0 unspecified atom stereocenters. The molecule has 3 rings (SSSR count). The molecule has 2 fully saturated rings. The highest BCUT2D eigenvalue weighted by Crippen LogP contribution is 2.30. The highest BCUT2D eigenvalue weighted by Gasteiger charge is 2.30. The zero-order valence-corrected chi connectivity index (χ0v) is 14.2. The highest BCUT2D eigenvalue weighted by atomic mass is 16.6. The van der Waals surface area contributed by atoms with Gasteiger partial charge in [0.15, 0.2) is 0 Å². The first kappa shape index (κ1) is 17.2. The summed E-state index contributed by atoms with van der Waals surface area (Å²) in [5.41, 5.74) is 0.961. The molecule has 0 radical (unpaired) electrons. The standard InChI is InChI=1S/C18H22N4O3/c19-13-15-12-16(22(24)25)4-5-17(15)20-10-6-14(7-11-20)18(23)21-8-2-1-3-9-21/h4-5,12,14H,1-3,6-11H2. The molecule has 7 heteroatoms. The van der Waals surface area contributed by atoms with Crippen molar-refractivity contribution in [1.29, 1.82) is 5.26 Å². The first-order valence-corrected chi connectivity index (χ1v) is 8.82. The van der Waals surface area contributed by atoms with E-state index in [-0.39, 0.29) is 17.5 Å². The average Bonchev–Trinajstić information content (AvgIpc) is 2.67. The van der Waals surface area contributed by atoms with Crippen LogP contribution in [0.3, 0.4) is 0 Å². The summed E-state index contributed by atoms with van der Waals surface area (Å²) in [6.45, 7) is 3.13. The van der Waals surface area contributed by atoms with Crippen LogP contribution in [0, 0.1) is 27.4 Å². The highest BCUT2D eigenvalue weighted by molar-refractivity contribution is 5.79.